The Hall–Kier alpha value is -3.09. The Labute approximate surface area is 167 Å². The van der Waals surface area contributed by atoms with Crippen molar-refractivity contribution in [3.63, 3.8) is 0 Å². The summed E-state index contributed by atoms with van der Waals surface area (Å²) in [6.45, 7) is 8.25. The Morgan fingerprint density at radius 3 is 2.79 bits per heavy atom. The number of aromatic amines is 1. The minimum Gasteiger partial charge on any atom is -0.466 e. The summed E-state index contributed by atoms with van der Waals surface area (Å²) in [7, 11) is 0. The van der Waals surface area contributed by atoms with Crippen molar-refractivity contribution < 1.29 is 9.21 Å². The molecule has 3 aromatic rings. The van der Waals surface area contributed by atoms with Gasteiger partial charge in [-0.1, -0.05) is 13.8 Å². The summed E-state index contributed by atoms with van der Waals surface area (Å²) in [6, 6.07) is 6.60. The van der Waals surface area contributed by atoms with E-state index in [4.69, 9.17) is 4.42 Å². The van der Waals surface area contributed by atoms with Crippen molar-refractivity contribution in [1.82, 2.24) is 14.9 Å². The standard InChI is InChI=1S/C22H25N3O4/c1-5-25-20(27)14-7-6-13(9-16(14)24-21(25)28)19(26)23-17-10-22(3,4)11-18-15(17)8-12(2)29-18/h6-9,17H,5,10-11H2,1-4H3,(H,23,26)(H,24,28). The number of carbonyl (C=O) groups excluding carboxylic acids is 1. The van der Waals surface area contributed by atoms with Gasteiger partial charge in [-0.25, -0.2) is 4.79 Å². The zero-order valence-corrected chi connectivity index (χ0v) is 17.1. The number of hydrogen-bond donors (Lipinski definition) is 2. The lowest BCUT2D eigenvalue weighted by atomic mass is 9.74. The van der Waals surface area contributed by atoms with Crippen LogP contribution in [0.2, 0.25) is 0 Å². The average molecular weight is 395 g/mol. The predicted octanol–water partition coefficient (Wildman–Crippen LogP) is 3.05. The lowest BCUT2D eigenvalue weighted by Gasteiger charge is -2.34. The molecule has 1 unspecified atom stereocenters. The van der Waals surface area contributed by atoms with Crippen LogP contribution in [0.15, 0.2) is 38.3 Å². The van der Waals surface area contributed by atoms with E-state index < -0.39 is 5.69 Å². The molecular weight excluding hydrogens is 370 g/mol. The molecular formula is C22H25N3O4. The van der Waals surface area contributed by atoms with E-state index in [0.29, 0.717) is 16.5 Å². The molecule has 29 heavy (non-hydrogen) atoms. The van der Waals surface area contributed by atoms with Crippen LogP contribution in [-0.4, -0.2) is 15.5 Å². The largest absolute Gasteiger partial charge is 0.466 e. The normalized spacial score (nSPS) is 17.9. The van der Waals surface area contributed by atoms with E-state index in [1.165, 1.54) is 0 Å². The van der Waals surface area contributed by atoms with Gasteiger partial charge in [-0.05, 0) is 49.9 Å². The van der Waals surface area contributed by atoms with Crippen LogP contribution in [0.5, 0.6) is 0 Å². The van der Waals surface area contributed by atoms with Crippen molar-refractivity contribution in [1.29, 1.82) is 0 Å². The smallest absolute Gasteiger partial charge is 0.328 e. The average Bonchev–Trinajstić information content (AvgIpc) is 3.00. The number of benzene rings is 1. The number of amides is 1. The highest BCUT2D eigenvalue weighted by atomic mass is 16.3. The van der Waals surface area contributed by atoms with Gasteiger partial charge >= 0.3 is 5.69 Å². The highest BCUT2D eigenvalue weighted by Gasteiger charge is 2.35. The number of nitrogens with zero attached hydrogens (tertiary/aromatic N) is 1. The number of H-pyrrole nitrogens is 1. The molecule has 1 amide bonds. The summed E-state index contributed by atoms with van der Waals surface area (Å²) in [6.07, 6.45) is 1.64. The van der Waals surface area contributed by atoms with E-state index in [2.05, 4.69) is 24.1 Å². The molecule has 0 saturated carbocycles. The molecule has 2 heterocycles. The Balaban J connectivity index is 1.68. The van der Waals surface area contributed by atoms with Crippen LogP contribution in [0.3, 0.4) is 0 Å². The second kappa shape index (κ2) is 6.76. The van der Waals surface area contributed by atoms with Crippen molar-refractivity contribution in [2.45, 2.75) is 53.1 Å². The van der Waals surface area contributed by atoms with Crippen molar-refractivity contribution in [2.24, 2.45) is 5.41 Å². The van der Waals surface area contributed by atoms with Gasteiger partial charge in [0.2, 0.25) is 0 Å². The lowest BCUT2D eigenvalue weighted by Crippen LogP contribution is -2.36. The van der Waals surface area contributed by atoms with Gasteiger partial charge in [0.15, 0.2) is 0 Å². The van der Waals surface area contributed by atoms with Crippen LogP contribution < -0.4 is 16.6 Å². The SMILES string of the molecule is CCn1c(=O)[nH]c2cc(C(=O)NC3CC(C)(C)Cc4oc(C)cc43)ccc2c1=O. The minimum absolute atomic E-state index is 0.00903. The summed E-state index contributed by atoms with van der Waals surface area (Å²) >= 11 is 0. The fourth-order valence-electron chi connectivity index (χ4n) is 4.24. The van der Waals surface area contributed by atoms with E-state index in [0.717, 1.165) is 34.5 Å². The first kappa shape index (κ1) is 19.2. The van der Waals surface area contributed by atoms with Gasteiger partial charge in [0.25, 0.3) is 11.5 Å². The van der Waals surface area contributed by atoms with Gasteiger partial charge in [-0.2, -0.15) is 0 Å². The Morgan fingerprint density at radius 1 is 1.31 bits per heavy atom. The maximum absolute atomic E-state index is 13.0. The third-order valence-corrected chi connectivity index (χ3v) is 5.60. The fourth-order valence-corrected chi connectivity index (χ4v) is 4.24. The molecule has 1 atom stereocenters. The molecule has 0 bridgehead atoms. The number of rotatable bonds is 3. The van der Waals surface area contributed by atoms with Crippen LogP contribution in [-0.2, 0) is 13.0 Å². The summed E-state index contributed by atoms with van der Waals surface area (Å²) in [4.78, 5) is 40.2. The van der Waals surface area contributed by atoms with Gasteiger partial charge in [0.05, 0.1) is 16.9 Å². The third-order valence-electron chi connectivity index (χ3n) is 5.60. The van der Waals surface area contributed by atoms with Gasteiger partial charge < -0.3 is 14.7 Å². The fraction of sp³-hybridized carbons (Fsp3) is 0.409. The van der Waals surface area contributed by atoms with Gasteiger partial charge in [0, 0.05) is 24.1 Å². The molecule has 1 aromatic carbocycles. The number of hydrogen-bond acceptors (Lipinski definition) is 4. The number of carbonyl (C=O) groups is 1. The molecule has 0 radical (unpaired) electrons. The molecule has 0 spiro atoms. The van der Waals surface area contributed by atoms with E-state index in [-0.39, 0.29) is 29.5 Å². The maximum Gasteiger partial charge on any atom is 0.328 e. The molecule has 7 heteroatoms. The van der Waals surface area contributed by atoms with Crippen LogP contribution in [0.25, 0.3) is 10.9 Å². The van der Waals surface area contributed by atoms with Crippen LogP contribution >= 0.6 is 0 Å². The van der Waals surface area contributed by atoms with Crippen LogP contribution in [0.4, 0.5) is 0 Å². The minimum atomic E-state index is -0.477. The molecule has 2 aromatic heterocycles. The monoisotopic (exact) mass is 395 g/mol. The Kier molecular flexibility index (Phi) is 4.48. The van der Waals surface area contributed by atoms with Gasteiger partial charge in [-0.3, -0.25) is 14.2 Å². The summed E-state index contributed by atoms with van der Waals surface area (Å²) < 4.78 is 6.97. The lowest BCUT2D eigenvalue weighted by molar-refractivity contribution is 0.0917. The van der Waals surface area contributed by atoms with Crippen molar-refractivity contribution in [3.8, 4) is 0 Å². The first-order valence-electron chi connectivity index (χ1n) is 9.85. The van der Waals surface area contributed by atoms with Crippen molar-refractivity contribution in [2.75, 3.05) is 0 Å². The number of aryl methyl sites for hydroxylation is 1. The number of fused-ring (bicyclic) bond motifs is 2. The highest BCUT2D eigenvalue weighted by molar-refractivity contribution is 5.97. The molecule has 0 aliphatic heterocycles. The Bertz CT molecular complexity index is 1230. The molecule has 152 valence electrons. The van der Waals surface area contributed by atoms with E-state index in [9.17, 15) is 14.4 Å². The first-order chi connectivity index (χ1) is 13.7. The number of nitrogens with one attached hydrogen (secondary N) is 2. The van der Waals surface area contributed by atoms with Crippen molar-refractivity contribution >= 4 is 16.8 Å². The van der Waals surface area contributed by atoms with E-state index in [1.807, 2.05) is 13.0 Å². The van der Waals surface area contributed by atoms with Gasteiger partial charge in [-0.15, -0.1) is 0 Å². The zero-order valence-electron chi connectivity index (χ0n) is 17.1. The molecule has 7 nitrogen and oxygen atoms in total. The van der Waals surface area contributed by atoms with Crippen molar-refractivity contribution in [3.05, 3.63) is 67.8 Å². The predicted molar refractivity (Wildman–Crippen MR) is 110 cm³/mol. The second-order valence-electron chi connectivity index (χ2n) is 8.55. The van der Waals surface area contributed by atoms with Crippen LogP contribution in [0.1, 0.15) is 60.7 Å². The molecule has 0 fully saturated rings. The molecule has 2 N–H and O–H groups in total. The topological polar surface area (TPSA) is 97.1 Å². The molecule has 1 aliphatic rings. The van der Waals surface area contributed by atoms with Gasteiger partial charge in [0.1, 0.15) is 11.5 Å². The first-order valence-corrected chi connectivity index (χ1v) is 9.85. The second-order valence-corrected chi connectivity index (χ2v) is 8.55. The van der Waals surface area contributed by atoms with Crippen LogP contribution in [0, 0.1) is 12.3 Å². The quantitative estimate of drug-likeness (QED) is 0.712. The van der Waals surface area contributed by atoms with E-state index in [1.54, 1.807) is 25.1 Å². The summed E-state index contributed by atoms with van der Waals surface area (Å²) in [5.74, 6) is 1.51. The zero-order chi connectivity index (χ0) is 20.9. The highest BCUT2D eigenvalue weighted by Crippen LogP contribution is 2.42. The third kappa shape index (κ3) is 3.41. The van der Waals surface area contributed by atoms with E-state index >= 15 is 0 Å². The molecule has 0 saturated heterocycles. The summed E-state index contributed by atoms with van der Waals surface area (Å²) in [5.41, 5.74) is 0.957. The molecule has 1 aliphatic carbocycles. The number of furan rings is 1. The number of aromatic nitrogens is 2. The molecule has 4 rings (SSSR count). The summed E-state index contributed by atoms with van der Waals surface area (Å²) in [5, 5.41) is 3.49. The Morgan fingerprint density at radius 2 is 2.07 bits per heavy atom. The maximum atomic E-state index is 13.0.